The highest BCUT2D eigenvalue weighted by Crippen LogP contribution is 2.31. The second-order valence-electron chi connectivity index (χ2n) is 9.37. The van der Waals surface area contributed by atoms with Crippen LogP contribution in [-0.2, 0) is 17.6 Å². The number of ether oxygens (including phenoxy) is 1. The largest absolute Gasteiger partial charge is 0.396 e. The summed E-state index contributed by atoms with van der Waals surface area (Å²) in [6, 6.07) is 8.54. The number of benzene rings is 1. The average molecular weight is 458 g/mol. The fraction of sp³-hybridized carbons (Fsp3) is 0.600. The number of rotatable bonds is 7. The van der Waals surface area contributed by atoms with E-state index in [1.807, 2.05) is 10.3 Å². The molecule has 2 aromatic rings. The van der Waals surface area contributed by atoms with Gasteiger partial charge < -0.3 is 19.6 Å². The highest BCUT2D eigenvalue weighted by molar-refractivity contribution is 7.09. The number of hydrogen-bond donors (Lipinski definition) is 1. The first-order valence-electron chi connectivity index (χ1n) is 11.8. The van der Waals surface area contributed by atoms with Crippen molar-refractivity contribution in [3.05, 3.63) is 51.5 Å². The minimum absolute atomic E-state index is 0.0426. The van der Waals surface area contributed by atoms with E-state index in [4.69, 9.17) is 9.84 Å². The Hall–Kier alpha value is -1.80. The summed E-state index contributed by atoms with van der Waals surface area (Å²) in [6.07, 6.45) is 3.64. The van der Waals surface area contributed by atoms with Crippen LogP contribution in [0.5, 0.6) is 0 Å². The summed E-state index contributed by atoms with van der Waals surface area (Å²) in [5.74, 6) is 0.389. The molecule has 1 aromatic carbocycles. The van der Waals surface area contributed by atoms with Gasteiger partial charge in [-0.3, -0.25) is 4.79 Å². The maximum absolute atomic E-state index is 13.0. The predicted molar refractivity (Wildman–Crippen MR) is 127 cm³/mol. The number of carbonyl (C=O) groups excluding carboxylic acids is 1. The van der Waals surface area contributed by atoms with Gasteiger partial charge in [-0.1, -0.05) is 38.1 Å². The molecule has 0 unspecified atom stereocenters. The van der Waals surface area contributed by atoms with Crippen LogP contribution < -0.4 is 0 Å². The molecule has 2 saturated heterocycles. The fourth-order valence-electron chi connectivity index (χ4n) is 4.67. The van der Waals surface area contributed by atoms with Gasteiger partial charge in [-0.05, 0) is 36.8 Å². The highest BCUT2D eigenvalue weighted by atomic mass is 32.1. The zero-order valence-electron chi connectivity index (χ0n) is 19.3. The van der Waals surface area contributed by atoms with E-state index in [9.17, 15) is 4.79 Å². The molecular weight excluding hydrogens is 422 g/mol. The third-order valence-corrected chi connectivity index (χ3v) is 7.79. The van der Waals surface area contributed by atoms with Crippen LogP contribution in [-0.4, -0.2) is 77.3 Å². The number of morpholine rings is 1. The fourth-order valence-corrected chi connectivity index (χ4v) is 5.48. The van der Waals surface area contributed by atoms with Crippen LogP contribution in [0, 0.1) is 0 Å². The maximum atomic E-state index is 13.0. The maximum Gasteiger partial charge on any atom is 0.273 e. The second-order valence-corrected chi connectivity index (χ2v) is 10.3. The predicted octanol–water partition coefficient (Wildman–Crippen LogP) is 3.35. The smallest absolute Gasteiger partial charge is 0.273 e. The summed E-state index contributed by atoms with van der Waals surface area (Å²) in [7, 11) is 0. The number of carbonyl (C=O) groups is 1. The molecule has 32 heavy (non-hydrogen) atoms. The van der Waals surface area contributed by atoms with Gasteiger partial charge in [-0.2, -0.15) is 0 Å². The van der Waals surface area contributed by atoms with Gasteiger partial charge in [0.15, 0.2) is 0 Å². The van der Waals surface area contributed by atoms with Crippen LogP contribution in [0.2, 0.25) is 0 Å². The number of aromatic nitrogens is 1. The van der Waals surface area contributed by atoms with E-state index in [2.05, 4.69) is 48.0 Å². The Morgan fingerprint density at radius 2 is 1.97 bits per heavy atom. The van der Waals surface area contributed by atoms with Crippen LogP contribution in [0.4, 0.5) is 0 Å². The molecule has 4 rings (SSSR count). The number of piperidine rings is 1. The van der Waals surface area contributed by atoms with Gasteiger partial charge in [0.05, 0.1) is 23.8 Å². The van der Waals surface area contributed by atoms with E-state index < -0.39 is 0 Å². The molecule has 174 valence electrons. The van der Waals surface area contributed by atoms with Gasteiger partial charge in [0, 0.05) is 44.1 Å². The van der Waals surface area contributed by atoms with Crippen LogP contribution in [0.25, 0.3) is 0 Å². The minimum atomic E-state index is -0.220. The van der Waals surface area contributed by atoms with Crippen molar-refractivity contribution in [3.8, 4) is 0 Å². The zero-order valence-corrected chi connectivity index (χ0v) is 20.1. The molecular formula is C25H35N3O3S. The summed E-state index contributed by atoms with van der Waals surface area (Å²) < 4.78 is 6.26. The Morgan fingerprint density at radius 3 is 2.66 bits per heavy atom. The van der Waals surface area contributed by atoms with Crippen molar-refractivity contribution in [3.63, 3.8) is 0 Å². The lowest BCUT2D eigenvalue weighted by molar-refractivity contribution is -0.127. The molecule has 0 atom stereocenters. The van der Waals surface area contributed by atoms with Crippen LogP contribution in [0.15, 0.2) is 29.6 Å². The molecule has 0 saturated carbocycles. The summed E-state index contributed by atoms with van der Waals surface area (Å²) in [5.41, 5.74) is 2.88. The molecule has 7 heteroatoms. The number of nitrogens with zero attached hydrogens (tertiary/aromatic N) is 3. The van der Waals surface area contributed by atoms with Crippen molar-refractivity contribution in [2.24, 2.45) is 0 Å². The van der Waals surface area contributed by atoms with Crippen molar-refractivity contribution < 1.29 is 14.6 Å². The molecule has 1 amide bonds. The summed E-state index contributed by atoms with van der Waals surface area (Å²) >= 11 is 1.58. The first kappa shape index (κ1) is 23.4. The lowest BCUT2D eigenvalue weighted by Gasteiger charge is -2.47. The molecule has 1 aromatic heterocycles. The molecule has 2 fully saturated rings. The number of hydrogen-bond acceptors (Lipinski definition) is 6. The van der Waals surface area contributed by atoms with Crippen molar-refractivity contribution in [1.82, 2.24) is 14.8 Å². The van der Waals surface area contributed by atoms with Gasteiger partial charge in [-0.15, -0.1) is 11.3 Å². The SMILES string of the molecule is CC(C)c1nc(C(=O)N2CCOC3(CCN(CCc4cccc(CCO)c4)CC3)C2)cs1. The number of aliphatic hydroxyl groups is 1. The van der Waals surface area contributed by atoms with Crippen molar-refractivity contribution in [2.45, 2.75) is 51.0 Å². The van der Waals surface area contributed by atoms with Gasteiger partial charge in [-0.25, -0.2) is 4.98 Å². The molecule has 0 bridgehead atoms. The highest BCUT2D eigenvalue weighted by Gasteiger charge is 2.41. The Kier molecular flexibility index (Phi) is 7.61. The molecule has 0 aliphatic carbocycles. The molecule has 0 radical (unpaired) electrons. The number of amides is 1. The second kappa shape index (κ2) is 10.4. The summed E-state index contributed by atoms with van der Waals surface area (Å²) in [5, 5.41) is 12.1. The molecule has 6 nitrogen and oxygen atoms in total. The van der Waals surface area contributed by atoms with Crippen molar-refractivity contribution in [1.29, 1.82) is 0 Å². The van der Waals surface area contributed by atoms with E-state index in [1.165, 1.54) is 11.1 Å². The third-order valence-electron chi connectivity index (χ3n) is 6.65. The van der Waals surface area contributed by atoms with Gasteiger partial charge >= 0.3 is 0 Å². The number of likely N-dealkylation sites (tertiary alicyclic amines) is 1. The van der Waals surface area contributed by atoms with Gasteiger partial charge in [0.25, 0.3) is 5.91 Å². The number of thiazole rings is 1. The zero-order chi connectivity index (χ0) is 22.6. The first-order valence-corrected chi connectivity index (χ1v) is 12.7. The van der Waals surface area contributed by atoms with Crippen LogP contribution >= 0.6 is 11.3 Å². The topological polar surface area (TPSA) is 65.9 Å². The van der Waals surface area contributed by atoms with Gasteiger partial charge in [0.1, 0.15) is 5.69 Å². The van der Waals surface area contributed by atoms with Crippen molar-refractivity contribution in [2.75, 3.05) is 45.9 Å². The van der Waals surface area contributed by atoms with E-state index in [0.717, 1.165) is 43.9 Å². The monoisotopic (exact) mass is 457 g/mol. The first-order chi connectivity index (χ1) is 15.5. The quantitative estimate of drug-likeness (QED) is 0.691. The molecule has 1 spiro atoms. The lowest BCUT2D eigenvalue weighted by Crippen LogP contribution is -2.58. The molecule has 1 N–H and O–H groups in total. The Bertz CT molecular complexity index is 905. The van der Waals surface area contributed by atoms with Crippen molar-refractivity contribution >= 4 is 17.2 Å². The van der Waals surface area contributed by atoms with Crippen LogP contribution in [0.3, 0.4) is 0 Å². The van der Waals surface area contributed by atoms with E-state index in [0.29, 0.717) is 37.7 Å². The molecule has 3 heterocycles. The van der Waals surface area contributed by atoms with Gasteiger partial charge in [0.2, 0.25) is 0 Å². The van der Waals surface area contributed by atoms with E-state index in [-0.39, 0.29) is 18.1 Å². The number of aliphatic hydroxyl groups excluding tert-OH is 1. The third kappa shape index (κ3) is 5.57. The summed E-state index contributed by atoms with van der Waals surface area (Å²) in [4.78, 5) is 22.1. The Morgan fingerprint density at radius 1 is 1.22 bits per heavy atom. The molecule has 2 aliphatic rings. The lowest BCUT2D eigenvalue weighted by atomic mass is 9.89. The van der Waals surface area contributed by atoms with E-state index >= 15 is 0 Å². The van der Waals surface area contributed by atoms with E-state index in [1.54, 1.807) is 11.3 Å². The Labute approximate surface area is 195 Å². The normalized spacial score (nSPS) is 19.1. The summed E-state index contributed by atoms with van der Waals surface area (Å²) in [6.45, 7) is 9.33. The minimum Gasteiger partial charge on any atom is -0.396 e. The standard InChI is InChI=1S/C25H35N3O3S/c1-19(2)23-26-22(17-32-23)24(30)28-13-15-31-25(18-28)8-11-27(12-9-25)10-6-20-4-3-5-21(16-20)7-14-29/h3-5,16-17,19,29H,6-15,18H2,1-2H3. The average Bonchev–Trinajstić information content (AvgIpc) is 3.30. The molecule has 2 aliphatic heterocycles. The van der Waals surface area contributed by atoms with Crippen LogP contribution in [0.1, 0.15) is 59.2 Å². The Balaban J connectivity index is 1.29.